The van der Waals surface area contributed by atoms with Crippen LogP contribution in [-0.4, -0.2) is 72.6 Å². The summed E-state index contributed by atoms with van der Waals surface area (Å²) in [5.41, 5.74) is 1.33. The van der Waals surface area contributed by atoms with E-state index in [1.54, 1.807) is 29.3 Å². The van der Waals surface area contributed by atoms with E-state index < -0.39 is 6.29 Å². The van der Waals surface area contributed by atoms with E-state index in [2.05, 4.69) is 15.2 Å². The Labute approximate surface area is 235 Å². The van der Waals surface area contributed by atoms with Gasteiger partial charge in [0.25, 0.3) is 0 Å². The van der Waals surface area contributed by atoms with Crippen molar-refractivity contribution in [1.82, 2.24) is 14.8 Å². The van der Waals surface area contributed by atoms with Crippen LogP contribution in [0.5, 0.6) is 5.88 Å². The lowest BCUT2D eigenvalue weighted by molar-refractivity contribution is -0.143. The fourth-order valence-corrected chi connectivity index (χ4v) is 5.01. The number of likely N-dealkylation sites (tertiary alicyclic amines) is 1. The molecule has 2 fully saturated rings. The number of amides is 2. The Morgan fingerprint density at radius 1 is 1.11 bits per heavy atom. The molecule has 1 saturated carbocycles. The summed E-state index contributed by atoms with van der Waals surface area (Å²) in [5.74, 6) is 1.53. The number of nitrogens with zero attached hydrogens (tertiary/aromatic N) is 3. The number of hydrogen-bond acceptors (Lipinski definition) is 6. The Morgan fingerprint density at radius 2 is 1.84 bits per heavy atom. The average Bonchev–Trinajstić information content (AvgIpc) is 3.72. The highest BCUT2D eigenvalue weighted by Crippen LogP contribution is 2.31. The van der Waals surface area contributed by atoms with Crippen LogP contribution in [0.15, 0.2) is 36.5 Å². The van der Waals surface area contributed by atoms with E-state index in [1.807, 2.05) is 26.0 Å². The van der Waals surface area contributed by atoms with E-state index >= 15 is 0 Å². The summed E-state index contributed by atoms with van der Waals surface area (Å²) in [6, 6.07) is 8.42. The van der Waals surface area contributed by atoms with Gasteiger partial charge in [-0.1, -0.05) is 29.3 Å². The van der Waals surface area contributed by atoms with Crippen LogP contribution in [0.25, 0.3) is 0 Å². The van der Waals surface area contributed by atoms with Gasteiger partial charge >= 0.3 is 6.03 Å². The highest BCUT2D eigenvalue weighted by Gasteiger charge is 2.28. The zero-order valence-electron chi connectivity index (χ0n) is 22.2. The number of anilines is 1. The summed E-state index contributed by atoms with van der Waals surface area (Å²) in [6.45, 7) is 8.67. The lowest BCUT2D eigenvalue weighted by Crippen LogP contribution is -2.41. The fourth-order valence-electron chi connectivity index (χ4n) is 4.55. The zero-order valence-corrected chi connectivity index (χ0v) is 23.7. The van der Waals surface area contributed by atoms with Gasteiger partial charge in [-0.3, -0.25) is 0 Å². The van der Waals surface area contributed by atoms with E-state index in [0.29, 0.717) is 41.4 Å². The smallest absolute Gasteiger partial charge is 0.322 e. The molecule has 8 nitrogen and oxygen atoms in total. The van der Waals surface area contributed by atoms with Crippen molar-refractivity contribution >= 4 is 34.9 Å². The molecule has 1 aromatic carbocycles. The van der Waals surface area contributed by atoms with Gasteiger partial charge in [0, 0.05) is 56.7 Å². The van der Waals surface area contributed by atoms with Crippen molar-refractivity contribution < 1.29 is 19.0 Å². The van der Waals surface area contributed by atoms with Crippen molar-refractivity contribution in [3.63, 3.8) is 0 Å². The molecule has 1 aliphatic heterocycles. The Bertz CT molecular complexity index is 1020. The van der Waals surface area contributed by atoms with Gasteiger partial charge in [0.2, 0.25) is 5.88 Å². The molecular formula is C28H38Cl2N4O4. The third kappa shape index (κ3) is 8.99. The maximum atomic E-state index is 13.3. The Hall–Kier alpha value is -2.10. The zero-order chi connectivity index (χ0) is 26.9. The van der Waals surface area contributed by atoms with E-state index in [9.17, 15) is 4.79 Å². The number of nitrogens with one attached hydrogen (secondary N) is 1. The summed E-state index contributed by atoms with van der Waals surface area (Å²) in [6.07, 6.45) is 6.20. The number of urea groups is 1. The van der Waals surface area contributed by atoms with Gasteiger partial charge < -0.3 is 29.3 Å². The predicted molar refractivity (Wildman–Crippen MR) is 150 cm³/mol. The van der Waals surface area contributed by atoms with E-state index in [1.165, 1.54) is 19.4 Å². The second kappa shape index (κ2) is 14.3. The number of benzene rings is 1. The van der Waals surface area contributed by atoms with Crippen LogP contribution in [0.4, 0.5) is 10.5 Å². The van der Waals surface area contributed by atoms with E-state index in [-0.39, 0.29) is 18.7 Å². The number of aromatic nitrogens is 1. The molecule has 1 aromatic heterocycles. The molecule has 0 unspecified atom stereocenters. The van der Waals surface area contributed by atoms with Crippen molar-refractivity contribution in [3.05, 3.63) is 52.1 Å². The lowest BCUT2D eigenvalue weighted by atomic mass is 10.1. The van der Waals surface area contributed by atoms with Crippen LogP contribution < -0.4 is 10.1 Å². The molecule has 1 aliphatic carbocycles. The van der Waals surface area contributed by atoms with Crippen LogP contribution >= 0.6 is 23.2 Å². The van der Waals surface area contributed by atoms with Crippen molar-refractivity contribution in [2.45, 2.75) is 58.5 Å². The quantitative estimate of drug-likeness (QED) is 0.297. The van der Waals surface area contributed by atoms with Gasteiger partial charge in [-0.2, -0.15) is 0 Å². The van der Waals surface area contributed by atoms with Gasteiger partial charge in [0.1, 0.15) is 6.10 Å². The minimum Gasteiger partial charge on any atom is -0.474 e. The molecule has 38 heavy (non-hydrogen) atoms. The number of carbonyl (C=O) groups is 1. The fraction of sp³-hybridized carbons (Fsp3) is 0.571. The van der Waals surface area contributed by atoms with Crippen LogP contribution in [0.1, 0.15) is 45.1 Å². The summed E-state index contributed by atoms with van der Waals surface area (Å²) < 4.78 is 17.6. The van der Waals surface area contributed by atoms with E-state index in [4.69, 9.17) is 37.4 Å². The van der Waals surface area contributed by atoms with Crippen LogP contribution in [0.2, 0.25) is 10.0 Å². The lowest BCUT2D eigenvalue weighted by Gasteiger charge is -2.31. The monoisotopic (exact) mass is 564 g/mol. The van der Waals surface area contributed by atoms with Crippen LogP contribution in [-0.2, 0) is 16.0 Å². The van der Waals surface area contributed by atoms with Crippen LogP contribution in [0, 0.1) is 5.92 Å². The summed E-state index contributed by atoms with van der Waals surface area (Å²) in [7, 11) is 0. The molecule has 2 aliphatic rings. The van der Waals surface area contributed by atoms with Crippen molar-refractivity contribution in [2.75, 3.05) is 44.7 Å². The molecular weight excluding hydrogens is 527 g/mol. The molecule has 10 heteroatoms. The first-order valence-corrected chi connectivity index (χ1v) is 14.3. The standard InChI is InChI=1S/C28H38Cl2N4O4/c1-3-36-27(37-4-2)19-34(28(35)32-25-9-8-22(29)15-24(25)30)18-21-7-10-26(31-16-21)38-23-11-13-33(14-12-23)17-20-5-6-20/h7-10,15-16,20,23,27H,3-6,11-14,17-19H2,1-2H3,(H,32,35). The third-order valence-electron chi connectivity index (χ3n) is 6.74. The summed E-state index contributed by atoms with van der Waals surface area (Å²) >= 11 is 12.3. The van der Waals surface area contributed by atoms with Gasteiger partial charge in [-0.15, -0.1) is 0 Å². The molecule has 0 radical (unpaired) electrons. The molecule has 4 rings (SSSR count). The molecule has 1 N–H and O–H groups in total. The van der Waals surface area contributed by atoms with Gasteiger partial charge in [-0.05, 0) is 69.2 Å². The Morgan fingerprint density at radius 3 is 2.45 bits per heavy atom. The maximum Gasteiger partial charge on any atom is 0.322 e. The summed E-state index contributed by atoms with van der Waals surface area (Å²) in [5, 5.41) is 3.72. The minimum atomic E-state index is -0.558. The van der Waals surface area contributed by atoms with E-state index in [0.717, 1.165) is 37.4 Å². The molecule has 2 amide bonds. The molecule has 0 atom stereocenters. The molecule has 0 spiro atoms. The SMILES string of the molecule is CCOC(CN(Cc1ccc(OC2CCN(CC3CC3)CC2)nc1)C(=O)Nc1ccc(Cl)cc1Cl)OCC. The Balaban J connectivity index is 1.37. The highest BCUT2D eigenvalue weighted by atomic mass is 35.5. The van der Waals surface area contributed by atoms with Crippen molar-refractivity contribution in [1.29, 1.82) is 0 Å². The largest absolute Gasteiger partial charge is 0.474 e. The average molecular weight is 566 g/mol. The number of hydrogen-bond donors (Lipinski definition) is 1. The first-order valence-electron chi connectivity index (χ1n) is 13.5. The first kappa shape index (κ1) is 28.9. The van der Waals surface area contributed by atoms with Gasteiger partial charge in [-0.25, -0.2) is 9.78 Å². The second-order valence-electron chi connectivity index (χ2n) is 9.84. The topological polar surface area (TPSA) is 76.2 Å². The molecule has 2 aromatic rings. The molecule has 0 bridgehead atoms. The molecule has 2 heterocycles. The highest BCUT2D eigenvalue weighted by molar-refractivity contribution is 6.36. The first-order chi connectivity index (χ1) is 18.4. The second-order valence-corrected chi connectivity index (χ2v) is 10.7. The molecule has 208 valence electrons. The third-order valence-corrected chi connectivity index (χ3v) is 7.29. The van der Waals surface area contributed by atoms with Crippen molar-refractivity contribution in [3.8, 4) is 5.88 Å². The number of halogens is 2. The van der Waals surface area contributed by atoms with Gasteiger partial charge in [0.05, 0.1) is 17.3 Å². The molecule has 1 saturated heterocycles. The maximum absolute atomic E-state index is 13.3. The van der Waals surface area contributed by atoms with Crippen LogP contribution in [0.3, 0.4) is 0 Å². The van der Waals surface area contributed by atoms with Gasteiger partial charge in [0.15, 0.2) is 6.29 Å². The number of ether oxygens (including phenoxy) is 3. The number of rotatable bonds is 13. The number of carbonyl (C=O) groups excluding carboxylic acids is 1. The Kier molecular flexibility index (Phi) is 10.9. The number of piperidine rings is 1. The minimum absolute atomic E-state index is 0.188. The number of pyridine rings is 1. The normalized spacial score (nSPS) is 16.6. The summed E-state index contributed by atoms with van der Waals surface area (Å²) in [4.78, 5) is 22.0. The predicted octanol–water partition coefficient (Wildman–Crippen LogP) is 6.07. The van der Waals surface area contributed by atoms with Crippen molar-refractivity contribution in [2.24, 2.45) is 5.92 Å².